The molecule has 1 amide bonds. The molecule has 10 heteroatoms. The molecule has 0 aromatic heterocycles. The Kier molecular flexibility index (Phi) is 29.1. The molecule has 0 aromatic carbocycles. The topological polar surface area (TPSA) is 169 Å². The predicted molar refractivity (Wildman–Crippen MR) is 199 cm³/mol. The minimum Gasteiger partial charge on any atom is -0.394 e. The minimum atomic E-state index is -1.61. The number of unbranched alkanes of at least 4 members (excludes halogenated alkanes) is 19. The fourth-order valence-corrected chi connectivity index (χ4v) is 6.21. The van der Waals surface area contributed by atoms with Gasteiger partial charge in [0.15, 0.2) is 6.29 Å². The molecule has 7 N–H and O–H groups in total. The van der Waals surface area contributed by atoms with E-state index in [0.29, 0.717) is 12.8 Å². The molecule has 8 atom stereocenters. The van der Waals surface area contributed by atoms with Gasteiger partial charge in [-0.05, 0) is 44.9 Å². The molecule has 0 radical (unpaired) electrons. The van der Waals surface area contributed by atoms with Crippen LogP contribution in [0, 0.1) is 0 Å². The van der Waals surface area contributed by atoms with Crippen LogP contribution in [0.2, 0.25) is 0 Å². The van der Waals surface area contributed by atoms with Gasteiger partial charge in [0.1, 0.15) is 30.5 Å². The van der Waals surface area contributed by atoms with Crippen LogP contribution < -0.4 is 5.32 Å². The summed E-state index contributed by atoms with van der Waals surface area (Å²) in [5.74, 6) is -0.625. The maximum atomic E-state index is 12.9. The number of amides is 1. The molecular formula is C40H75NO9. The van der Waals surface area contributed by atoms with Crippen molar-refractivity contribution in [3.8, 4) is 0 Å². The summed E-state index contributed by atoms with van der Waals surface area (Å²) >= 11 is 0. The molecule has 50 heavy (non-hydrogen) atoms. The first kappa shape index (κ1) is 46.7. The van der Waals surface area contributed by atoms with Crippen LogP contribution in [0.3, 0.4) is 0 Å². The average molecular weight is 714 g/mol. The van der Waals surface area contributed by atoms with E-state index in [2.05, 4.69) is 31.3 Å². The first-order valence-electron chi connectivity index (χ1n) is 20.2. The lowest BCUT2D eigenvalue weighted by Gasteiger charge is -2.40. The highest BCUT2D eigenvalue weighted by Gasteiger charge is 2.44. The standard InChI is InChI=1S/C40H75NO9/c1-3-5-7-9-11-13-15-16-17-19-21-23-25-27-29-34(44)39(48)41-32(31-49-40-38(47)37(46)36(45)35(30-42)50-40)33(43)28-26-24-22-20-18-14-12-10-8-6-4-2/h13,15,26,28,32-38,40,42-47H,3-12,14,16-25,27,29-31H2,1-2H3,(H,41,48)/b15-13-,28-26+. The van der Waals surface area contributed by atoms with E-state index in [1.165, 1.54) is 89.9 Å². The second-order valence-electron chi connectivity index (χ2n) is 14.2. The minimum absolute atomic E-state index is 0.303. The molecule has 0 aromatic rings. The fraction of sp³-hybridized carbons (Fsp3) is 0.875. The molecule has 0 saturated carbocycles. The van der Waals surface area contributed by atoms with E-state index in [0.717, 1.165) is 44.9 Å². The molecule has 8 unspecified atom stereocenters. The number of hydrogen-bond acceptors (Lipinski definition) is 9. The van der Waals surface area contributed by atoms with Gasteiger partial charge in [0.25, 0.3) is 0 Å². The first-order valence-corrected chi connectivity index (χ1v) is 20.2. The number of nitrogens with one attached hydrogen (secondary N) is 1. The van der Waals surface area contributed by atoms with E-state index >= 15 is 0 Å². The predicted octanol–water partition coefficient (Wildman–Crippen LogP) is 6.13. The molecule has 1 aliphatic rings. The van der Waals surface area contributed by atoms with Crippen molar-refractivity contribution in [3.63, 3.8) is 0 Å². The van der Waals surface area contributed by atoms with Gasteiger partial charge in [-0.1, -0.05) is 141 Å². The number of aliphatic hydroxyl groups is 6. The third kappa shape index (κ3) is 21.9. The zero-order chi connectivity index (χ0) is 36.8. The molecule has 1 rings (SSSR count). The van der Waals surface area contributed by atoms with Gasteiger partial charge >= 0.3 is 0 Å². The normalized spacial score (nSPS) is 23.1. The van der Waals surface area contributed by atoms with Gasteiger partial charge in [-0.2, -0.15) is 0 Å². The highest BCUT2D eigenvalue weighted by Crippen LogP contribution is 2.22. The van der Waals surface area contributed by atoms with Crippen molar-refractivity contribution in [1.82, 2.24) is 5.32 Å². The van der Waals surface area contributed by atoms with Gasteiger partial charge in [0.05, 0.1) is 25.4 Å². The van der Waals surface area contributed by atoms with Gasteiger partial charge in [0, 0.05) is 0 Å². The summed E-state index contributed by atoms with van der Waals surface area (Å²) in [4.78, 5) is 12.9. The molecule has 1 heterocycles. The van der Waals surface area contributed by atoms with Crippen molar-refractivity contribution in [2.45, 2.75) is 210 Å². The third-order valence-electron chi connectivity index (χ3n) is 9.63. The highest BCUT2D eigenvalue weighted by molar-refractivity contribution is 5.80. The summed E-state index contributed by atoms with van der Waals surface area (Å²) in [5, 5.41) is 64.3. The van der Waals surface area contributed by atoms with Crippen LogP contribution in [0.5, 0.6) is 0 Å². The molecular weight excluding hydrogens is 638 g/mol. The Hall–Kier alpha value is -1.37. The SMILES string of the molecule is CCCCCC/C=C\CCCCCCCCC(O)C(=O)NC(COC1OC(CO)C(O)C(O)C1O)C(O)/C=C/CCCCCCCCCCC. The van der Waals surface area contributed by atoms with E-state index in [-0.39, 0.29) is 6.61 Å². The van der Waals surface area contributed by atoms with E-state index in [1.807, 2.05) is 6.08 Å². The molecule has 10 nitrogen and oxygen atoms in total. The maximum Gasteiger partial charge on any atom is 0.249 e. The van der Waals surface area contributed by atoms with E-state index in [9.17, 15) is 35.4 Å². The largest absolute Gasteiger partial charge is 0.394 e. The summed E-state index contributed by atoms with van der Waals surface area (Å²) in [7, 11) is 0. The number of hydrogen-bond donors (Lipinski definition) is 7. The molecule has 1 aliphatic heterocycles. The van der Waals surface area contributed by atoms with Crippen molar-refractivity contribution >= 4 is 5.91 Å². The zero-order valence-electron chi connectivity index (χ0n) is 31.5. The number of aliphatic hydroxyl groups excluding tert-OH is 6. The molecule has 0 bridgehead atoms. The summed E-state index contributed by atoms with van der Waals surface area (Å²) in [6, 6.07) is -0.978. The van der Waals surface area contributed by atoms with Crippen molar-refractivity contribution in [2.24, 2.45) is 0 Å². The Morgan fingerprint density at radius 2 is 1.16 bits per heavy atom. The quantitative estimate of drug-likeness (QED) is 0.0320. The number of carbonyl (C=O) groups is 1. The lowest BCUT2D eigenvalue weighted by atomic mass is 9.99. The number of carbonyl (C=O) groups excluding carboxylic acids is 1. The van der Waals surface area contributed by atoms with Crippen LogP contribution in [0.1, 0.15) is 162 Å². The monoisotopic (exact) mass is 714 g/mol. The third-order valence-corrected chi connectivity index (χ3v) is 9.63. The number of allylic oxidation sites excluding steroid dienone is 3. The van der Waals surface area contributed by atoms with Crippen molar-refractivity contribution in [1.29, 1.82) is 0 Å². The maximum absolute atomic E-state index is 12.9. The molecule has 294 valence electrons. The Morgan fingerprint density at radius 1 is 0.680 bits per heavy atom. The van der Waals surface area contributed by atoms with Crippen LogP contribution >= 0.6 is 0 Å². The summed E-state index contributed by atoms with van der Waals surface area (Å²) in [6.45, 7) is 3.54. The van der Waals surface area contributed by atoms with E-state index < -0.39 is 61.5 Å². The van der Waals surface area contributed by atoms with Crippen LogP contribution in [-0.2, 0) is 14.3 Å². The lowest BCUT2D eigenvalue weighted by Crippen LogP contribution is -2.60. The van der Waals surface area contributed by atoms with Gasteiger partial charge in [-0.3, -0.25) is 4.79 Å². The summed E-state index contributed by atoms with van der Waals surface area (Å²) in [5.41, 5.74) is 0. The summed E-state index contributed by atoms with van der Waals surface area (Å²) < 4.78 is 11.1. The van der Waals surface area contributed by atoms with Crippen LogP contribution in [0.15, 0.2) is 24.3 Å². The van der Waals surface area contributed by atoms with Gasteiger partial charge < -0.3 is 45.4 Å². The molecule has 0 spiro atoms. The Balaban J connectivity index is 2.50. The highest BCUT2D eigenvalue weighted by atomic mass is 16.7. The smallest absolute Gasteiger partial charge is 0.249 e. The zero-order valence-corrected chi connectivity index (χ0v) is 31.5. The Morgan fingerprint density at radius 3 is 1.70 bits per heavy atom. The van der Waals surface area contributed by atoms with E-state index in [1.54, 1.807) is 6.08 Å². The molecule has 1 fully saturated rings. The van der Waals surface area contributed by atoms with Gasteiger partial charge in [0.2, 0.25) is 5.91 Å². The number of ether oxygens (including phenoxy) is 2. The average Bonchev–Trinajstić information content (AvgIpc) is 3.11. The van der Waals surface area contributed by atoms with Crippen LogP contribution in [0.4, 0.5) is 0 Å². The van der Waals surface area contributed by atoms with Crippen molar-refractivity contribution < 1.29 is 44.9 Å². The number of rotatable bonds is 32. The Bertz CT molecular complexity index is 855. The van der Waals surface area contributed by atoms with Crippen LogP contribution in [-0.4, -0.2) is 98.7 Å². The van der Waals surface area contributed by atoms with Gasteiger partial charge in [-0.15, -0.1) is 0 Å². The molecule has 0 aliphatic carbocycles. The van der Waals surface area contributed by atoms with Crippen LogP contribution in [0.25, 0.3) is 0 Å². The van der Waals surface area contributed by atoms with E-state index in [4.69, 9.17) is 9.47 Å². The molecule has 1 saturated heterocycles. The second kappa shape index (κ2) is 31.2. The van der Waals surface area contributed by atoms with Crippen molar-refractivity contribution in [2.75, 3.05) is 13.2 Å². The summed E-state index contributed by atoms with van der Waals surface area (Å²) in [6.07, 6.45) is 24.1. The fourth-order valence-electron chi connectivity index (χ4n) is 6.21. The first-order chi connectivity index (χ1) is 24.3. The van der Waals surface area contributed by atoms with Gasteiger partial charge in [-0.25, -0.2) is 0 Å². The van der Waals surface area contributed by atoms with Crippen molar-refractivity contribution in [3.05, 3.63) is 24.3 Å². The lowest BCUT2D eigenvalue weighted by molar-refractivity contribution is -0.302. The second-order valence-corrected chi connectivity index (χ2v) is 14.2. The Labute approximate surface area is 303 Å².